The third-order valence-electron chi connectivity index (χ3n) is 7.12. The van der Waals surface area contributed by atoms with Gasteiger partial charge in [0.05, 0.1) is 6.04 Å². The van der Waals surface area contributed by atoms with Crippen LogP contribution >= 0.6 is 0 Å². The summed E-state index contributed by atoms with van der Waals surface area (Å²) in [4.78, 5) is 30.1. The van der Waals surface area contributed by atoms with Gasteiger partial charge >= 0.3 is 0 Å². The summed E-state index contributed by atoms with van der Waals surface area (Å²) in [6.07, 6.45) is 6.63. The molecule has 6 nitrogen and oxygen atoms in total. The molecule has 1 aromatic carbocycles. The molecule has 0 N–H and O–H groups in total. The number of amides is 2. The van der Waals surface area contributed by atoms with Gasteiger partial charge in [-0.2, -0.15) is 0 Å². The van der Waals surface area contributed by atoms with Gasteiger partial charge in [0.15, 0.2) is 6.29 Å². The Morgan fingerprint density at radius 2 is 1.63 bits per heavy atom. The number of hydrogen-bond donors (Lipinski definition) is 0. The molecule has 0 aromatic heterocycles. The molecule has 2 aliphatic heterocycles. The van der Waals surface area contributed by atoms with Crippen molar-refractivity contribution in [2.24, 2.45) is 5.92 Å². The maximum atomic E-state index is 13.3. The number of likely N-dealkylation sites (tertiary alicyclic amines) is 2. The Morgan fingerprint density at radius 3 is 2.30 bits per heavy atom. The second-order valence-corrected chi connectivity index (χ2v) is 8.91. The quantitative estimate of drug-likeness (QED) is 0.644. The molecule has 0 spiro atoms. The zero-order valence-electron chi connectivity index (χ0n) is 18.2. The summed E-state index contributed by atoms with van der Waals surface area (Å²) < 4.78 is 10.9. The molecule has 1 aliphatic carbocycles. The summed E-state index contributed by atoms with van der Waals surface area (Å²) in [5, 5.41) is 0. The molecule has 2 heterocycles. The van der Waals surface area contributed by atoms with Crippen molar-refractivity contribution in [3.05, 3.63) is 35.4 Å². The molecule has 4 rings (SSSR count). The average Bonchev–Trinajstić information content (AvgIpc) is 3.51. The van der Waals surface area contributed by atoms with E-state index in [9.17, 15) is 9.59 Å². The first kappa shape index (κ1) is 21.3. The maximum Gasteiger partial charge on any atom is 0.245 e. The topological polar surface area (TPSA) is 59.1 Å². The highest BCUT2D eigenvalue weighted by atomic mass is 16.7. The van der Waals surface area contributed by atoms with Crippen LogP contribution in [0.15, 0.2) is 24.3 Å². The van der Waals surface area contributed by atoms with Gasteiger partial charge in [0.25, 0.3) is 0 Å². The summed E-state index contributed by atoms with van der Waals surface area (Å²) in [7, 11) is 3.23. The lowest BCUT2D eigenvalue weighted by atomic mass is 9.99. The number of methoxy groups -OCH3 is 2. The molecule has 30 heavy (non-hydrogen) atoms. The van der Waals surface area contributed by atoms with Crippen LogP contribution in [0, 0.1) is 5.92 Å². The lowest BCUT2D eigenvalue weighted by Crippen LogP contribution is -2.52. The van der Waals surface area contributed by atoms with Gasteiger partial charge in [-0.3, -0.25) is 9.59 Å². The minimum absolute atomic E-state index is 0.0655. The number of rotatable bonds is 7. The number of hydrogen-bond acceptors (Lipinski definition) is 4. The second-order valence-electron chi connectivity index (χ2n) is 8.91. The van der Waals surface area contributed by atoms with Gasteiger partial charge in [-0.1, -0.05) is 24.3 Å². The van der Waals surface area contributed by atoms with Crippen molar-refractivity contribution in [2.45, 2.75) is 69.7 Å². The predicted molar refractivity (Wildman–Crippen MR) is 114 cm³/mol. The third-order valence-corrected chi connectivity index (χ3v) is 7.12. The summed E-state index contributed by atoms with van der Waals surface area (Å²) in [5.74, 6) is 0.735. The molecule has 2 atom stereocenters. The molecular weight excluding hydrogens is 380 g/mol. The normalized spacial score (nSPS) is 24.1. The Balaban J connectivity index is 1.34. The Labute approximate surface area is 179 Å². The molecule has 2 saturated heterocycles. The fraction of sp³-hybridized carbons (Fsp3) is 0.667. The second kappa shape index (κ2) is 9.48. The lowest BCUT2D eigenvalue weighted by Gasteiger charge is -2.34. The molecule has 1 aromatic rings. The maximum absolute atomic E-state index is 13.3. The molecule has 164 valence electrons. The highest BCUT2D eigenvalue weighted by Gasteiger charge is 2.42. The smallest absolute Gasteiger partial charge is 0.245 e. The first-order valence-corrected chi connectivity index (χ1v) is 11.3. The van der Waals surface area contributed by atoms with Crippen LogP contribution in [0.1, 0.15) is 49.7 Å². The third kappa shape index (κ3) is 4.26. The largest absolute Gasteiger partial charge is 0.354 e. The van der Waals surface area contributed by atoms with Crippen molar-refractivity contribution in [3.8, 4) is 0 Å². The van der Waals surface area contributed by atoms with Crippen molar-refractivity contribution in [2.75, 3.05) is 27.3 Å². The Kier molecular flexibility index (Phi) is 6.74. The van der Waals surface area contributed by atoms with E-state index in [2.05, 4.69) is 24.3 Å². The predicted octanol–water partition coefficient (Wildman–Crippen LogP) is 2.78. The molecule has 0 radical (unpaired) electrons. The fourth-order valence-corrected chi connectivity index (χ4v) is 5.60. The minimum atomic E-state index is -0.411. The molecule has 6 heteroatoms. The van der Waals surface area contributed by atoms with Gasteiger partial charge in [-0.15, -0.1) is 0 Å². The van der Waals surface area contributed by atoms with Crippen molar-refractivity contribution < 1.29 is 19.1 Å². The number of nitrogens with zero attached hydrogens (tertiary/aromatic N) is 2. The van der Waals surface area contributed by atoms with Crippen LogP contribution in [0.4, 0.5) is 0 Å². The van der Waals surface area contributed by atoms with Gasteiger partial charge in [0, 0.05) is 33.7 Å². The van der Waals surface area contributed by atoms with E-state index < -0.39 is 6.29 Å². The van der Waals surface area contributed by atoms with Crippen LogP contribution in [0.2, 0.25) is 0 Å². The van der Waals surface area contributed by atoms with Crippen molar-refractivity contribution >= 4 is 11.8 Å². The summed E-state index contributed by atoms with van der Waals surface area (Å²) in [6.45, 7) is 1.40. The Morgan fingerprint density at radius 1 is 1.00 bits per heavy atom. The number of carbonyl (C=O) groups excluding carboxylic acids is 2. The lowest BCUT2D eigenvalue weighted by molar-refractivity contribution is -0.161. The number of carbonyl (C=O) groups is 2. The number of fused-ring (bicyclic) bond motifs is 1. The highest BCUT2D eigenvalue weighted by molar-refractivity contribution is 5.88. The minimum Gasteiger partial charge on any atom is -0.354 e. The molecule has 3 aliphatic rings. The van der Waals surface area contributed by atoms with Gasteiger partial charge in [0.2, 0.25) is 11.8 Å². The number of benzene rings is 1. The monoisotopic (exact) mass is 414 g/mol. The first-order valence-electron chi connectivity index (χ1n) is 11.3. The van der Waals surface area contributed by atoms with Crippen molar-refractivity contribution in [1.29, 1.82) is 0 Å². The van der Waals surface area contributed by atoms with Gasteiger partial charge in [-0.25, -0.2) is 0 Å². The van der Waals surface area contributed by atoms with Crippen LogP contribution < -0.4 is 0 Å². The average molecular weight is 415 g/mol. The van der Waals surface area contributed by atoms with Crippen LogP contribution in [-0.4, -0.2) is 67.3 Å². The molecule has 2 fully saturated rings. The van der Waals surface area contributed by atoms with E-state index in [1.54, 1.807) is 14.2 Å². The zero-order chi connectivity index (χ0) is 21.1. The molecular formula is C24H34N2O4. The standard InChI is InChI=1S/C24H34N2O4/c1-29-24(30-2)21-10-6-14-26(21)23(28)20-9-5-13-25(20)22(27)12-11-17-15-18-7-3-4-8-19(18)16-17/h3-4,7-8,17,20-21,24H,5-6,9-16H2,1-2H3/t20-,21-/m0/s1. The van der Waals surface area contributed by atoms with Crippen LogP contribution in [-0.2, 0) is 31.9 Å². The van der Waals surface area contributed by atoms with Crippen LogP contribution in [0.25, 0.3) is 0 Å². The van der Waals surface area contributed by atoms with E-state index in [4.69, 9.17) is 9.47 Å². The summed E-state index contributed by atoms with van der Waals surface area (Å²) in [6, 6.07) is 8.19. The zero-order valence-corrected chi connectivity index (χ0v) is 18.2. The molecule has 0 saturated carbocycles. The van der Waals surface area contributed by atoms with Crippen molar-refractivity contribution in [1.82, 2.24) is 9.80 Å². The van der Waals surface area contributed by atoms with Gasteiger partial charge in [-0.05, 0) is 62.0 Å². The van der Waals surface area contributed by atoms with E-state index in [0.717, 1.165) is 44.9 Å². The molecule has 2 amide bonds. The Hall–Kier alpha value is -1.92. The van der Waals surface area contributed by atoms with E-state index in [-0.39, 0.29) is 23.9 Å². The van der Waals surface area contributed by atoms with E-state index in [0.29, 0.717) is 25.4 Å². The fourth-order valence-electron chi connectivity index (χ4n) is 5.60. The molecule has 0 unspecified atom stereocenters. The highest BCUT2D eigenvalue weighted by Crippen LogP contribution is 2.31. The van der Waals surface area contributed by atoms with E-state index >= 15 is 0 Å². The number of ether oxygens (including phenoxy) is 2. The summed E-state index contributed by atoms with van der Waals surface area (Å²) in [5.41, 5.74) is 2.85. The SMILES string of the molecule is COC(OC)[C@@H]1CCCN1C(=O)[C@@H]1CCCN1C(=O)CCC1Cc2ccccc2C1. The van der Waals surface area contributed by atoms with Gasteiger partial charge < -0.3 is 19.3 Å². The van der Waals surface area contributed by atoms with Gasteiger partial charge in [0.1, 0.15) is 6.04 Å². The van der Waals surface area contributed by atoms with Crippen LogP contribution in [0.3, 0.4) is 0 Å². The van der Waals surface area contributed by atoms with Crippen molar-refractivity contribution in [3.63, 3.8) is 0 Å². The van der Waals surface area contributed by atoms with E-state index in [1.165, 1.54) is 11.1 Å². The summed E-state index contributed by atoms with van der Waals surface area (Å²) >= 11 is 0. The molecule has 0 bridgehead atoms. The first-order chi connectivity index (χ1) is 14.6. The Bertz CT molecular complexity index is 738. The van der Waals surface area contributed by atoms with Crippen LogP contribution in [0.5, 0.6) is 0 Å². The van der Waals surface area contributed by atoms with E-state index in [1.807, 2.05) is 9.80 Å².